The van der Waals surface area contributed by atoms with Gasteiger partial charge in [-0.2, -0.15) is 23.5 Å². The van der Waals surface area contributed by atoms with Crippen LogP contribution in [0.5, 0.6) is 11.5 Å². The SMILES string of the molecule is CC(C)(C)c1cc(CSC2CCCCCCC2SCc2cc(C(C)(C)C)cc(-c3nccc[nH+]3)c2O)c(O)c(-c2ncccn2)c1. The molecule has 0 bridgehead atoms. The second-order valence-corrected chi connectivity index (χ2v) is 16.9. The molecule has 0 spiro atoms. The van der Waals surface area contributed by atoms with Gasteiger partial charge in [-0.15, -0.1) is 0 Å². The van der Waals surface area contributed by atoms with Crippen molar-refractivity contribution in [2.75, 3.05) is 0 Å². The summed E-state index contributed by atoms with van der Waals surface area (Å²) < 4.78 is 0. The molecule has 2 unspecified atom stereocenters. The van der Waals surface area contributed by atoms with E-state index in [0.29, 0.717) is 33.5 Å². The number of hydrogen-bond donors (Lipinski definition) is 2. The molecular formula is C38H49N4O2S2+. The number of nitrogens with one attached hydrogen (secondary N) is 1. The zero-order valence-electron chi connectivity index (χ0n) is 28.1. The van der Waals surface area contributed by atoms with Gasteiger partial charge in [0.25, 0.3) is 0 Å². The van der Waals surface area contributed by atoms with Gasteiger partial charge in [-0.3, -0.25) is 0 Å². The van der Waals surface area contributed by atoms with E-state index in [2.05, 4.69) is 79.7 Å². The second-order valence-electron chi connectivity index (χ2n) is 14.5. The highest BCUT2D eigenvalue weighted by Gasteiger charge is 2.28. The Kier molecular flexibility index (Phi) is 11.0. The van der Waals surface area contributed by atoms with Crippen molar-refractivity contribution in [3.8, 4) is 34.3 Å². The van der Waals surface area contributed by atoms with Crippen molar-refractivity contribution >= 4 is 23.5 Å². The van der Waals surface area contributed by atoms with E-state index in [0.717, 1.165) is 41.0 Å². The van der Waals surface area contributed by atoms with Crippen LogP contribution in [0.2, 0.25) is 0 Å². The predicted octanol–water partition coefficient (Wildman–Crippen LogP) is 9.28. The third kappa shape index (κ3) is 8.43. The van der Waals surface area contributed by atoms with Gasteiger partial charge < -0.3 is 10.2 Å². The molecule has 0 radical (unpaired) electrons. The number of benzene rings is 2. The first-order valence-corrected chi connectivity index (χ1v) is 18.6. The molecule has 1 fully saturated rings. The van der Waals surface area contributed by atoms with E-state index in [4.69, 9.17) is 0 Å². The Morgan fingerprint density at radius 2 is 1.17 bits per heavy atom. The van der Waals surface area contributed by atoms with Crippen LogP contribution in [0.15, 0.2) is 61.2 Å². The first-order valence-electron chi connectivity index (χ1n) is 16.5. The lowest BCUT2D eigenvalue weighted by atomic mass is 9.84. The summed E-state index contributed by atoms with van der Waals surface area (Å²) >= 11 is 3.94. The molecule has 8 heteroatoms. The van der Waals surface area contributed by atoms with Gasteiger partial charge in [0.2, 0.25) is 0 Å². The van der Waals surface area contributed by atoms with Crippen molar-refractivity contribution in [3.05, 3.63) is 83.4 Å². The maximum atomic E-state index is 11.5. The predicted molar refractivity (Wildman–Crippen MR) is 192 cm³/mol. The topological polar surface area (TPSA) is 93.3 Å². The van der Waals surface area contributed by atoms with E-state index in [9.17, 15) is 10.2 Å². The normalized spacial score (nSPS) is 17.8. The van der Waals surface area contributed by atoms with Crippen LogP contribution >= 0.6 is 23.5 Å². The molecule has 6 nitrogen and oxygen atoms in total. The number of aromatic nitrogens is 4. The largest absolute Gasteiger partial charge is 0.507 e. The third-order valence-corrected chi connectivity index (χ3v) is 11.9. The Balaban J connectivity index is 1.41. The number of rotatable bonds is 8. The first-order chi connectivity index (χ1) is 21.9. The van der Waals surface area contributed by atoms with Crippen LogP contribution in [0.1, 0.15) is 102 Å². The van der Waals surface area contributed by atoms with Gasteiger partial charge in [0.15, 0.2) is 5.82 Å². The first kappa shape index (κ1) is 34.2. The van der Waals surface area contributed by atoms with Gasteiger partial charge >= 0.3 is 5.82 Å². The summed E-state index contributed by atoms with van der Waals surface area (Å²) in [5.41, 5.74) is 5.56. The minimum Gasteiger partial charge on any atom is -0.507 e. The van der Waals surface area contributed by atoms with Crippen LogP contribution in [0, 0.1) is 0 Å². The average molecular weight is 658 g/mol. The number of phenolic OH excluding ortho intramolecular Hbond substituents is 2. The quantitative estimate of drug-likeness (QED) is 0.195. The average Bonchev–Trinajstić information content (AvgIpc) is 3.01. The Morgan fingerprint density at radius 1 is 0.674 bits per heavy atom. The monoisotopic (exact) mass is 657 g/mol. The standard InChI is InChI=1S/C38H48N4O2S2/c1-37(2,3)27-19-25(33(43)29(21-27)35-39-15-11-16-40-35)23-45-31-13-9-7-8-10-14-32(31)46-24-26-20-28(38(4,5)6)22-30(34(26)44)36-41-17-12-18-42-36/h11-12,15-22,31-32,43-44H,7-10,13-14,23-24H2,1-6H3/p+1. The number of H-pyrrole nitrogens is 1. The van der Waals surface area contributed by atoms with Crippen LogP contribution < -0.4 is 4.98 Å². The van der Waals surface area contributed by atoms with Crippen LogP contribution in [0.25, 0.3) is 22.8 Å². The van der Waals surface area contributed by atoms with Crippen molar-refractivity contribution < 1.29 is 15.2 Å². The van der Waals surface area contributed by atoms with Crippen molar-refractivity contribution in [2.24, 2.45) is 0 Å². The van der Waals surface area contributed by atoms with E-state index in [-0.39, 0.29) is 16.6 Å². The van der Waals surface area contributed by atoms with Gasteiger partial charge in [0, 0.05) is 51.6 Å². The molecule has 4 aromatic rings. The van der Waals surface area contributed by atoms with Gasteiger partial charge in [-0.1, -0.05) is 79.4 Å². The Bertz CT molecular complexity index is 1480. The van der Waals surface area contributed by atoms with Crippen LogP contribution in [-0.4, -0.2) is 35.7 Å². The highest BCUT2D eigenvalue weighted by atomic mass is 32.2. The molecule has 2 aromatic carbocycles. The van der Waals surface area contributed by atoms with Crippen molar-refractivity contribution in [3.63, 3.8) is 0 Å². The number of thioether (sulfide) groups is 2. The molecule has 0 saturated heterocycles. The fourth-order valence-electron chi connectivity index (χ4n) is 5.93. The minimum absolute atomic E-state index is 0.0670. The van der Waals surface area contributed by atoms with Crippen LogP contribution in [-0.2, 0) is 22.3 Å². The highest BCUT2D eigenvalue weighted by Crippen LogP contribution is 2.43. The van der Waals surface area contributed by atoms with E-state index in [1.807, 2.05) is 41.9 Å². The van der Waals surface area contributed by atoms with E-state index in [1.165, 1.54) is 36.8 Å². The molecule has 3 N–H and O–H groups in total. The summed E-state index contributed by atoms with van der Waals surface area (Å²) in [5, 5.41) is 23.9. The lowest BCUT2D eigenvalue weighted by molar-refractivity contribution is -0.368. The zero-order chi connectivity index (χ0) is 32.9. The molecule has 0 amide bonds. The summed E-state index contributed by atoms with van der Waals surface area (Å²) in [5.74, 6) is 3.28. The molecule has 2 atom stereocenters. The fraction of sp³-hybridized carbons (Fsp3) is 0.474. The molecule has 2 heterocycles. The number of phenols is 2. The summed E-state index contributed by atoms with van der Waals surface area (Å²) in [7, 11) is 0. The smallest absolute Gasteiger partial charge is 0.331 e. The van der Waals surface area contributed by atoms with Crippen LogP contribution in [0.3, 0.4) is 0 Å². The van der Waals surface area contributed by atoms with Gasteiger partial charge in [0.1, 0.15) is 23.3 Å². The Labute approximate surface area is 283 Å². The number of aromatic hydroxyl groups is 2. The maximum Gasteiger partial charge on any atom is 0.331 e. The number of nitrogens with zero attached hydrogens (tertiary/aromatic N) is 3. The van der Waals surface area contributed by atoms with E-state index in [1.54, 1.807) is 24.7 Å². The summed E-state index contributed by atoms with van der Waals surface area (Å²) in [4.78, 5) is 16.6. The molecule has 1 saturated carbocycles. The lowest BCUT2D eigenvalue weighted by Crippen LogP contribution is -2.22. The van der Waals surface area contributed by atoms with Gasteiger partial charge in [-0.05, 0) is 58.0 Å². The summed E-state index contributed by atoms with van der Waals surface area (Å²) in [6, 6.07) is 12.1. The van der Waals surface area contributed by atoms with Crippen molar-refractivity contribution in [2.45, 2.75) is 113 Å². The minimum atomic E-state index is -0.0786. The Morgan fingerprint density at radius 3 is 1.67 bits per heavy atom. The number of hydrogen-bond acceptors (Lipinski definition) is 7. The summed E-state index contributed by atoms with van der Waals surface area (Å²) in [6.45, 7) is 13.2. The van der Waals surface area contributed by atoms with Gasteiger partial charge in [0.05, 0.1) is 11.8 Å². The maximum absolute atomic E-state index is 11.5. The molecule has 5 rings (SSSR count). The molecule has 1 aliphatic carbocycles. The van der Waals surface area contributed by atoms with E-state index >= 15 is 0 Å². The molecule has 2 aromatic heterocycles. The second kappa shape index (κ2) is 14.8. The fourth-order valence-corrected chi connectivity index (χ4v) is 8.99. The van der Waals surface area contributed by atoms with Crippen LogP contribution in [0.4, 0.5) is 0 Å². The summed E-state index contributed by atoms with van der Waals surface area (Å²) in [6.07, 6.45) is 14.3. The highest BCUT2D eigenvalue weighted by molar-refractivity contribution is 8.03. The lowest BCUT2D eigenvalue weighted by Gasteiger charge is -2.30. The molecule has 244 valence electrons. The Hall–Kier alpha value is -3.10. The molecule has 46 heavy (non-hydrogen) atoms. The molecule has 1 aliphatic rings. The third-order valence-electron chi connectivity index (χ3n) is 8.83. The molecule has 0 aliphatic heterocycles. The van der Waals surface area contributed by atoms with Crippen molar-refractivity contribution in [1.29, 1.82) is 0 Å². The van der Waals surface area contributed by atoms with E-state index < -0.39 is 0 Å². The molecular weight excluding hydrogens is 609 g/mol. The number of aromatic amines is 1. The van der Waals surface area contributed by atoms with Gasteiger partial charge in [-0.25, -0.2) is 15.0 Å². The van der Waals surface area contributed by atoms with Crippen molar-refractivity contribution in [1.82, 2.24) is 15.0 Å². The zero-order valence-corrected chi connectivity index (χ0v) is 29.8.